The molecule has 3 atom stereocenters. The Hall–Kier alpha value is -1.59. The van der Waals surface area contributed by atoms with Gasteiger partial charge < -0.3 is 15.5 Å². The molecule has 0 radical (unpaired) electrons. The first-order valence-electron chi connectivity index (χ1n) is 8.45. The van der Waals surface area contributed by atoms with Crippen LogP contribution in [0.15, 0.2) is 24.3 Å². The van der Waals surface area contributed by atoms with Gasteiger partial charge in [0.05, 0.1) is 5.92 Å². The predicted molar refractivity (Wildman–Crippen MR) is 97.5 cm³/mol. The molecule has 3 rings (SSSR count). The number of hydrogen-bond acceptors (Lipinski definition) is 3. The summed E-state index contributed by atoms with van der Waals surface area (Å²) < 4.78 is 0. The van der Waals surface area contributed by atoms with E-state index in [9.17, 15) is 9.59 Å². The predicted octanol–water partition coefficient (Wildman–Crippen LogP) is 2.03. The van der Waals surface area contributed by atoms with E-state index < -0.39 is 0 Å². The van der Waals surface area contributed by atoms with E-state index in [1.807, 2.05) is 31.2 Å². The van der Waals surface area contributed by atoms with Gasteiger partial charge in [0, 0.05) is 30.7 Å². The highest BCUT2D eigenvalue weighted by atomic mass is 35.5. The Balaban J connectivity index is 0.00000208. The van der Waals surface area contributed by atoms with Crippen LogP contribution in [0.25, 0.3) is 0 Å². The molecule has 2 amide bonds. The molecule has 5 nitrogen and oxygen atoms in total. The van der Waals surface area contributed by atoms with Gasteiger partial charge in [0.2, 0.25) is 11.8 Å². The Morgan fingerprint density at radius 3 is 2.67 bits per heavy atom. The lowest BCUT2D eigenvalue weighted by Gasteiger charge is -2.31. The van der Waals surface area contributed by atoms with Crippen molar-refractivity contribution < 1.29 is 9.59 Å². The van der Waals surface area contributed by atoms with E-state index in [1.54, 1.807) is 4.90 Å². The van der Waals surface area contributed by atoms with Crippen LogP contribution in [-0.4, -0.2) is 37.0 Å². The number of halogens is 1. The van der Waals surface area contributed by atoms with Crippen molar-refractivity contribution in [2.45, 2.75) is 45.2 Å². The number of piperidine rings is 1. The molecule has 3 unspecified atom stereocenters. The molecule has 0 aliphatic carbocycles. The summed E-state index contributed by atoms with van der Waals surface area (Å²) in [5.74, 6) is -0.213. The summed E-state index contributed by atoms with van der Waals surface area (Å²) >= 11 is 0. The first-order valence-corrected chi connectivity index (χ1v) is 8.45. The monoisotopic (exact) mass is 351 g/mol. The quantitative estimate of drug-likeness (QED) is 0.876. The van der Waals surface area contributed by atoms with Crippen LogP contribution in [0.4, 0.5) is 5.69 Å². The number of amides is 2. The molecule has 2 fully saturated rings. The minimum atomic E-state index is -0.252. The normalized spacial score (nSPS) is 26.8. The second kappa shape index (κ2) is 7.99. The molecule has 2 N–H and O–H groups in total. The molecule has 2 aliphatic rings. The number of nitrogens with zero attached hydrogens (tertiary/aromatic N) is 1. The molecule has 132 valence electrons. The van der Waals surface area contributed by atoms with E-state index in [2.05, 4.69) is 17.6 Å². The summed E-state index contributed by atoms with van der Waals surface area (Å²) in [6, 6.07) is 8.33. The van der Waals surface area contributed by atoms with Crippen LogP contribution in [0.2, 0.25) is 0 Å². The number of nitrogens with one attached hydrogen (secondary N) is 2. The third-order valence-electron chi connectivity index (χ3n) is 4.93. The van der Waals surface area contributed by atoms with Gasteiger partial charge in [-0.1, -0.05) is 17.7 Å². The van der Waals surface area contributed by atoms with Crippen molar-refractivity contribution >= 4 is 29.9 Å². The van der Waals surface area contributed by atoms with E-state index in [0.29, 0.717) is 13.0 Å². The van der Waals surface area contributed by atoms with E-state index in [4.69, 9.17) is 0 Å². The zero-order valence-corrected chi connectivity index (χ0v) is 15.1. The van der Waals surface area contributed by atoms with Crippen LogP contribution in [0.1, 0.15) is 31.7 Å². The average Bonchev–Trinajstić information content (AvgIpc) is 2.92. The van der Waals surface area contributed by atoms with E-state index in [0.717, 1.165) is 30.6 Å². The van der Waals surface area contributed by atoms with Crippen LogP contribution in [0.5, 0.6) is 0 Å². The maximum absolute atomic E-state index is 12.5. The number of rotatable bonds is 3. The number of aryl methyl sites for hydroxylation is 1. The molecule has 6 heteroatoms. The molecule has 2 heterocycles. The minimum Gasteiger partial charge on any atom is -0.352 e. The zero-order valence-electron chi connectivity index (χ0n) is 14.2. The largest absolute Gasteiger partial charge is 0.352 e. The van der Waals surface area contributed by atoms with Crippen LogP contribution >= 0.6 is 12.4 Å². The lowest BCUT2D eigenvalue weighted by molar-refractivity contribution is -0.127. The van der Waals surface area contributed by atoms with Gasteiger partial charge in [-0.25, -0.2) is 0 Å². The fourth-order valence-corrected chi connectivity index (χ4v) is 3.40. The van der Waals surface area contributed by atoms with Crippen LogP contribution in [0, 0.1) is 12.8 Å². The van der Waals surface area contributed by atoms with Crippen molar-refractivity contribution in [3.63, 3.8) is 0 Å². The lowest BCUT2D eigenvalue weighted by atomic mass is 9.98. The number of carbonyl (C=O) groups excluding carboxylic acids is 2. The fourth-order valence-electron chi connectivity index (χ4n) is 3.40. The highest BCUT2D eigenvalue weighted by molar-refractivity contribution is 6.00. The SMILES string of the molecule is Cc1ccc(N2CC(C(=O)NC3CCCNC3C)CC2=O)cc1.Cl. The Labute approximate surface area is 149 Å². The summed E-state index contributed by atoms with van der Waals surface area (Å²) in [5.41, 5.74) is 2.04. The lowest BCUT2D eigenvalue weighted by Crippen LogP contribution is -2.53. The summed E-state index contributed by atoms with van der Waals surface area (Å²) in [6.07, 6.45) is 2.38. The maximum Gasteiger partial charge on any atom is 0.227 e. The van der Waals surface area contributed by atoms with Gasteiger partial charge in [-0.2, -0.15) is 0 Å². The number of hydrogen-bond donors (Lipinski definition) is 2. The molecule has 1 aromatic rings. The fraction of sp³-hybridized carbons (Fsp3) is 0.556. The van der Waals surface area contributed by atoms with Crippen LogP contribution in [-0.2, 0) is 9.59 Å². The third kappa shape index (κ3) is 4.08. The molecule has 0 saturated carbocycles. The smallest absolute Gasteiger partial charge is 0.227 e. The van der Waals surface area contributed by atoms with Crippen molar-refractivity contribution in [3.8, 4) is 0 Å². The summed E-state index contributed by atoms with van der Waals surface area (Å²) in [5, 5.41) is 6.52. The molecular formula is C18H26ClN3O2. The first kappa shape index (κ1) is 18.7. The average molecular weight is 352 g/mol. The standard InChI is InChI=1S/C18H25N3O2.ClH/c1-12-5-7-15(8-6-12)21-11-14(10-17(21)22)18(23)20-16-4-3-9-19-13(16)2;/h5-8,13-14,16,19H,3-4,9-11H2,1-2H3,(H,20,23);1H. The van der Waals surface area contributed by atoms with Gasteiger partial charge in [0.1, 0.15) is 0 Å². The Bertz CT molecular complexity index is 590. The molecule has 0 bridgehead atoms. The van der Waals surface area contributed by atoms with Crippen molar-refractivity contribution in [2.24, 2.45) is 5.92 Å². The minimum absolute atomic E-state index is 0. The summed E-state index contributed by atoms with van der Waals surface area (Å²) in [6.45, 7) is 5.60. The topological polar surface area (TPSA) is 61.4 Å². The Morgan fingerprint density at radius 1 is 1.29 bits per heavy atom. The third-order valence-corrected chi connectivity index (χ3v) is 4.93. The maximum atomic E-state index is 12.5. The van der Waals surface area contributed by atoms with Crippen molar-refractivity contribution in [1.82, 2.24) is 10.6 Å². The molecule has 1 aromatic carbocycles. The molecule has 0 spiro atoms. The number of anilines is 1. The highest BCUT2D eigenvalue weighted by Crippen LogP contribution is 2.25. The molecule has 2 aliphatic heterocycles. The van der Waals surface area contributed by atoms with Crippen molar-refractivity contribution in [2.75, 3.05) is 18.0 Å². The van der Waals surface area contributed by atoms with Gasteiger partial charge >= 0.3 is 0 Å². The summed E-state index contributed by atoms with van der Waals surface area (Å²) in [4.78, 5) is 26.5. The Morgan fingerprint density at radius 2 is 2.00 bits per heavy atom. The second-order valence-corrected chi connectivity index (χ2v) is 6.74. The highest BCUT2D eigenvalue weighted by Gasteiger charge is 2.36. The Kier molecular flexibility index (Phi) is 6.24. The van der Waals surface area contributed by atoms with Crippen molar-refractivity contribution in [3.05, 3.63) is 29.8 Å². The molecular weight excluding hydrogens is 326 g/mol. The first-order chi connectivity index (χ1) is 11.0. The molecule has 24 heavy (non-hydrogen) atoms. The number of carbonyl (C=O) groups is 2. The van der Waals surface area contributed by atoms with E-state index >= 15 is 0 Å². The van der Waals surface area contributed by atoms with Crippen LogP contribution < -0.4 is 15.5 Å². The zero-order chi connectivity index (χ0) is 16.4. The molecule has 0 aromatic heterocycles. The van der Waals surface area contributed by atoms with E-state index in [1.165, 1.54) is 0 Å². The number of benzene rings is 1. The van der Waals surface area contributed by atoms with Gasteiger partial charge in [-0.15, -0.1) is 12.4 Å². The summed E-state index contributed by atoms with van der Waals surface area (Å²) in [7, 11) is 0. The second-order valence-electron chi connectivity index (χ2n) is 6.74. The van der Waals surface area contributed by atoms with E-state index in [-0.39, 0.29) is 42.2 Å². The molecule has 2 saturated heterocycles. The van der Waals surface area contributed by atoms with Gasteiger partial charge in [0.25, 0.3) is 0 Å². The van der Waals surface area contributed by atoms with Gasteiger partial charge in [-0.3, -0.25) is 9.59 Å². The van der Waals surface area contributed by atoms with Crippen molar-refractivity contribution in [1.29, 1.82) is 0 Å². The van der Waals surface area contributed by atoms with Gasteiger partial charge in [0.15, 0.2) is 0 Å². The van der Waals surface area contributed by atoms with Gasteiger partial charge in [-0.05, 0) is 45.4 Å². The van der Waals surface area contributed by atoms with Crippen LogP contribution in [0.3, 0.4) is 0 Å².